The number of nitrogens with zero attached hydrogens (tertiary/aromatic N) is 4. The molecule has 0 unspecified atom stereocenters. The molecule has 0 aromatic carbocycles. The first-order valence-electron chi connectivity index (χ1n) is 9.37. The molecular weight excluding hydrogens is 318 g/mol. The number of likely N-dealkylation sites (tertiary alicyclic amines) is 2. The molecule has 2 fully saturated rings. The third-order valence-electron chi connectivity index (χ3n) is 6.17. The van der Waals surface area contributed by atoms with E-state index in [0.29, 0.717) is 18.8 Å². The Morgan fingerprint density at radius 3 is 2.92 bits per heavy atom. The average molecular weight is 345 g/mol. The molecule has 3 aliphatic heterocycles. The predicted molar refractivity (Wildman–Crippen MR) is 93.1 cm³/mol. The molecule has 0 radical (unpaired) electrons. The minimum Gasteiger partial charge on any atom is -0.342 e. The van der Waals surface area contributed by atoms with Gasteiger partial charge < -0.3 is 14.7 Å². The van der Waals surface area contributed by atoms with Crippen molar-refractivity contribution in [1.82, 2.24) is 24.9 Å². The fraction of sp³-hybridized carbons (Fsp3) is 0.722. The van der Waals surface area contributed by atoms with Crippen LogP contribution in [0.3, 0.4) is 0 Å². The number of rotatable bonds is 2. The number of hydrogen-bond acceptors (Lipinski definition) is 4. The van der Waals surface area contributed by atoms with Crippen LogP contribution >= 0.6 is 0 Å². The summed E-state index contributed by atoms with van der Waals surface area (Å²) in [6, 6.07) is 0. The molecule has 1 spiro atoms. The summed E-state index contributed by atoms with van der Waals surface area (Å²) in [5, 5.41) is 7.37. The Kier molecular flexibility index (Phi) is 4.06. The second-order valence-corrected chi connectivity index (χ2v) is 7.76. The number of likely N-dealkylation sites (N-methyl/N-ethyl adjacent to an activating group) is 1. The van der Waals surface area contributed by atoms with Crippen molar-refractivity contribution in [2.75, 3.05) is 39.8 Å². The topological polar surface area (TPSA) is 72.5 Å². The van der Waals surface area contributed by atoms with Gasteiger partial charge in [-0.25, -0.2) is 0 Å². The highest BCUT2D eigenvalue weighted by molar-refractivity contribution is 5.95. The van der Waals surface area contributed by atoms with Crippen LogP contribution in [0.1, 0.15) is 47.9 Å². The van der Waals surface area contributed by atoms with Crippen molar-refractivity contribution in [2.45, 2.75) is 39.2 Å². The van der Waals surface area contributed by atoms with Gasteiger partial charge in [0.1, 0.15) is 0 Å². The van der Waals surface area contributed by atoms with Crippen LogP contribution in [0.2, 0.25) is 0 Å². The Labute approximate surface area is 148 Å². The zero-order valence-electron chi connectivity index (χ0n) is 15.2. The lowest BCUT2D eigenvalue weighted by molar-refractivity contribution is -0.145. The van der Waals surface area contributed by atoms with Crippen molar-refractivity contribution in [3.8, 4) is 0 Å². The molecule has 136 valence electrons. The van der Waals surface area contributed by atoms with Crippen LogP contribution in [-0.2, 0) is 17.8 Å². The van der Waals surface area contributed by atoms with Gasteiger partial charge >= 0.3 is 0 Å². The summed E-state index contributed by atoms with van der Waals surface area (Å²) < 4.78 is 0. The smallest absolute Gasteiger partial charge is 0.274 e. The van der Waals surface area contributed by atoms with Crippen LogP contribution in [0, 0.1) is 5.41 Å². The van der Waals surface area contributed by atoms with Gasteiger partial charge in [0.15, 0.2) is 5.69 Å². The highest BCUT2D eigenvalue weighted by Crippen LogP contribution is 2.40. The molecule has 25 heavy (non-hydrogen) atoms. The van der Waals surface area contributed by atoms with Gasteiger partial charge in [0, 0.05) is 56.9 Å². The number of piperidine rings is 1. The number of nitrogens with one attached hydrogen (secondary N) is 1. The highest BCUT2D eigenvalue weighted by Gasteiger charge is 2.49. The van der Waals surface area contributed by atoms with E-state index in [1.165, 1.54) is 0 Å². The average Bonchev–Trinajstić information content (AvgIpc) is 3.22. The van der Waals surface area contributed by atoms with E-state index in [0.717, 1.165) is 63.1 Å². The number of H-pyrrole nitrogens is 1. The van der Waals surface area contributed by atoms with Gasteiger partial charge in [0.25, 0.3) is 5.91 Å². The zero-order chi connectivity index (χ0) is 17.6. The SMILES string of the molecule is CCN1CCC[C@@]2(CCN(C(=O)c3n[nH]c4c3CN(C)CC4)C2)C1=O. The van der Waals surface area contributed by atoms with E-state index >= 15 is 0 Å². The number of amides is 2. The molecule has 0 bridgehead atoms. The maximum atomic E-state index is 13.1. The second kappa shape index (κ2) is 6.12. The minimum absolute atomic E-state index is 0.0221. The van der Waals surface area contributed by atoms with Gasteiger partial charge in [-0.3, -0.25) is 14.7 Å². The first-order chi connectivity index (χ1) is 12.0. The van der Waals surface area contributed by atoms with Crippen molar-refractivity contribution in [3.05, 3.63) is 17.0 Å². The highest BCUT2D eigenvalue weighted by atomic mass is 16.2. The maximum Gasteiger partial charge on any atom is 0.274 e. The van der Waals surface area contributed by atoms with Crippen molar-refractivity contribution in [2.24, 2.45) is 5.41 Å². The fourth-order valence-corrected chi connectivity index (χ4v) is 4.63. The van der Waals surface area contributed by atoms with E-state index in [9.17, 15) is 9.59 Å². The van der Waals surface area contributed by atoms with E-state index in [-0.39, 0.29) is 17.2 Å². The minimum atomic E-state index is -0.364. The van der Waals surface area contributed by atoms with Crippen LogP contribution in [0.25, 0.3) is 0 Å². The van der Waals surface area contributed by atoms with Crippen LogP contribution in [0.5, 0.6) is 0 Å². The first kappa shape index (κ1) is 16.6. The number of aromatic nitrogens is 2. The van der Waals surface area contributed by atoms with E-state index in [2.05, 4.69) is 22.1 Å². The Balaban J connectivity index is 1.53. The Morgan fingerprint density at radius 1 is 1.28 bits per heavy atom. The molecular formula is C18H27N5O2. The molecule has 2 saturated heterocycles. The van der Waals surface area contributed by atoms with E-state index in [4.69, 9.17) is 0 Å². The van der Waals surface area contributed by atoms with Gasteiger partial charge in [-0.05, 0) is 33.2 Å². The van der Waals surface area contributed by atoms with Crippen molar-refractivity contribution in [3.63, 3.8) is 0 Å². The maximum absolute atomic E-state index is 13.1. The van der Waals surface area contributed by atoms with Crippen molar-refractivity contribution in [1.29, 1.82) is 0 Å². The lowest BCUT2D eigenvalue weighted by Crippen LogP contribution is -2.50. The summed E-state index contributed by atoms with van der Waals surface area (Å²) in [5.74, 6) is 0.214. The third kappa shape index (κ3) is 2.65. The molecule has 1 N–H and O–H groups in total. The second-order valence-electron chi connectivity index (χ2n) is 7.76. The predicted octanol–water partition coefficient (Wildman–Crippen LogP) is 0.872. The summed E-state index contributed by atoms with van der Waals surface area (Å²) in [6.45, 7) is 6.57. The molecule has 2 amide bonds. The third-order valence-corrected chi connectivity index (χ3v) is 6.17. The summed E-state index contributed by atoms with van der Waals surface area (Å²) in [7, 11) is 2.06. The largest absolute Gasteiger partial charge is 0.342 e. The van der Waals surface area contributed by atoms with Crippen LogP contribution in [0.4, 0.5) is 0 Å². The van der Waals surface area contributed by atoms with Crippen molar-refractivity contribution < 1.29 is 9.59 Å². The van der Waals surface area contributed by atoms with E-state index in [1.807, 2.05) is 16.7 Å². The van der Waals surface area contributed by atoms with Gasteiger partial charge in [0.2, 0.25) is 5.91 Å². The number of aromatic amines is 1. The molecule has 1 atom stereocenters. The molecule has 0 saturated carbocycles. The molecule has 3 aliphatic rings. The zero-order valence-corrected chi connectivity index (χ0v) is 15.2. The monoisotopic (exact) mass is 345 g/mol. The molecule has 4 rings (SSSR count). The number of carbonyl (C=O) groups excluding carboxylic acids is 2. The summed E-state index contributed by atoms with van der Waals surface area (Å²) in [6.07, 6.45) is 3.61. The molecule has 7 heteroatoms. The van der Waals surface area contributed by atoms with Crippen LogP contribution < -0.4 is 0 Å². The van der Waals surface area contributed by atoms with Crippen LogP contribution in [-0.4, -0.2) is 76.5 Å². The summed E-state index contributed by atoms with van der Waals surface area (Å²) in [4.78, 5) is 31.9. The fourth-order valence-electron chi connectivity index (χ4n) is 4.63. The van der Waals surface area contributed by atoms with Gasteiger partial charge in [-0.15, -0.1) is 0 Å². The molecule has 1 aromatic heterocycles. The molecule has 0 aliphatic carbocycles. The normalized spacial score (nSPS) is 27.2. The molecule has 7 nitrogen and oxygen atoms in total. The number of hydrogen-bond donors (Lipinski definition) is 1. The van der Waals surface area contributed by atoms with Gasteiger partial charge in [0.05, 0.1) is 5.41 Å². The summed E-state index contributed by atoms with van der Waals surface area (Å²) >= 11 is 0. The lowest BCUT2D eigenvalue weighted by Gasteiger charge is -2.38. The number of carbonyl (C=O) groups is 2. The molecule has 1 aromatic rings. The Hall–Kier alpha value is -1.89. The van der Waals surface area contributed by atoms with Gasteiger partial charge in [-0.1, -0.05) is 0 Å². The lowest BCUT2D eigenvalue weighted by atomic mass is 9.78. The van der Waals surface area contributed by atoms with Crippen LogP contribution in [0.15, 0.2) is 0 Å². The summed E-state index contributed by atoms with van der Waals surface area (Å²) in [5.41, 5.74) is 2.30. The Morgan fingerprint density at radius 2 is 2.12 bits per heavy atom. The van der Waals surface area contributed by atoms with Crippen molar-refractivity contribution >= 4 is 11.8 Å². The van der Waals surface area contributed by atoms with E-state index < -0.39 is 0 Å². The van der Waals surface area contributed by atoms with Gasteiger partial charge in [-0.2, -0.15) is 5.10 Å². The number of fused-ring (bicyclic) bond motifs is 1. The molecule has 4 heterocycles. The Bertz CT molecular complexity index is 700. The van der Waals surface area contributed by atoms with E-state index in [1.54, 1.807) is 0 Å². The first-order valence-corrected chi connectivity index (χ1v) is 9.37. The standard InChI is InChI=1S/C18H27N5O2/c1-3-22-8-4-6-18(17(22)25)7-10-23(12-18)16(24)15-13-11-21(2)9-5-14(13)19-20-15/h3-12H2,1-2H3,(H,19,20)/t18-/m0/s1. The quantitative estimate of drug-likeness (QED) is 0.863.